The lowest BCUT2D eigenvalue weighted by Gasteiger charge is -2.20. The summed E-state index contributed by atoms with van der Waals surface area (Å²) >= 11 is 3.60. The molecule has 1 aliphatic rings. The molecule has 0 saturated heterocycles. The second kappa shape index (κ2) is 8.01. The molecule has 1 aromatic carbocycles. The molecule has 2 rings (SSSR count). The molecule has 1 atom stereocenters. The summed E-state index contributed by atoms with van der Waals surface area (Å²) in [6, 6.07) is 4.69. The molecule has 0 fully saturated rings. The number of nitrogens with one attached hydrogen (secondary N) is 1. The maximum atomic E-state index is 5.80. The zero-order chi connectivity index (χ0) is 14.4. The van der Waals surface area contributed by atoms with Gasteiger partial charge in [-0.2, -0.15) is 0 Å². The van der Waals surface area contributed by atoms with Gasteiger partial charge in [0.2, 0.25) is 0 Å². The van der Waals surface area contributed by atoms with Crippen molar-refractivity contribution in [3.05, 3.63) is 27.7 Å². The Labute approximate surface area is 130 Å². The Morgan fingerprint density at radius 1 is 1.40 bits per heavy atom. The number of ether oxygens (including phenoxy) is 2. The molecule has 1 heterocycles. The topological polar surface area (TPSA) is 30.5 Å². The Morgan fingerprint density at radius 2 is 2.25 bits per heavy atom. The van der Waals surface area contributed by atoms with Crippen LogP contribution in [-0.4, -0.2) is 32.4 Å². The summed E-state index contributed by atoms with van der Waals surface area (Å²) in [4.78, 5) is 0. The van der Waals surface area contributed by atoms with Crippen molar-refractivity contribution < 1.29 is 9.47 Å². The van der Waals surface area contributed by atoms with Gasteiger partial charge in [-0.05, 0) is 49.6 Å². The van der Waals surface area contributed by atoms with Gasteiger partial charge in [-0.15, -0.1) is 0 Å². The summed E-state index contributed by atoms with van der Waals surface area (Å²) in [5.41, 5.74) is 2.60. The molecule has 0 bridgehead atoms. The molecule has 0 saturated carbocycles. The van der Waals surface area contributed by atoms with E-state index in [0.29, 0.717) is 6.04 Å². The molecular formula is C16H24BrNO2. The zero-order valence-electron chi connectivity index (χ0n) is 12.4. The average Bonchev–Trinajstić information content (AvgIpc) is 2.89. The standard InChI is InChI=1S/C16H24BrNO2/c1-3-6-18-15(11-19-4-2)10-13-9-14(17)8-12-5-7-20-16(12)13/h8-9,15,18H,3-7,10-11H2,1-2H3. The van der Waals surface area contributed by atoms with Crippen LogP contribution in [0.3, 0.4) is 0 Å². The van der Waals surface area contributed by atoms with Crippen LogP contribution in [0.15, 0.2) is 16.6 Å². The van der Waals surface area contributed by atoms with Crippen LogP contribution in [0.5, 0.6) is 5.75 Å². The Hall–Kier alpha value is -0.580. The molecule has 1 aromatic rings. The minimum Gasteiger partial charge on any atom is -0.493 e. The van der Waals surface area contributed by atoms with Gasteiger partial charge in [0.1, 0.15) is 5.75 Å². The molecule has 112 valence electrons. The maximum Gasteiger partial charge on any atom is 0.125 e. The van der Waals surface area contributed by atoms with E-state index in [1.165, 1.54) is 11.1 Å². The first-order valence-electron chi connectivity index (χ1n) is 7.49. The first kappa shape index (κ1) is 15.8. The van der Waals surface area contributed by atoms with E-state index >= 15 is 0 Å². The zero-order valence-corrected chi connectivity index (χ0v) is 14.0. The molecular weight excluding hydrogens is 318 g/mol. The Balaban J connectivity index is 2.09. The Morgan fingerprint density at radius 3 is 3.00 bits per heavy atom. The third kappa shape index (κ3) is 4.21. The van der Waals surface area contributed by atoms with E-state index in [1.54, 1.807) is 0 Å². The van der Waals surface area contributed by atoms with Crippen LogP contribution < -0.4 is 10.1 Å². The number of fused-ring (bicyclic) bond motifs is 1. The molecule has 4 heteroatoms. The van der Waals surface area contributed by atoms with E-state index < -0.39 is 0 Å². The van der Waals surface area contributed by atoms with Gasteiger partial charge in [0.15, 0.2) is 0 Å². The third-order valence-electron chi connectivity index (χ3n) is 3.50. The quantitative estimate of drug-likeness (QED) is 0.786. The SMILES string of the molecule is CCCNC(COCC)Cc1cc(Br)cc2c1OCC2. The molecule has 1 N–H and O–H groups in total. The molecule has 1 unspecified atom stereocenters. The van der Waals surface area contributed by atoms with E-state index in [1.807, 2.05) is 6.92 Å². The van der Waals surface area contributed by atoms with Crippen molar-refractivity contribution >= 4 is 15.9 Å². The summed E-state index contributed by atoms with van der Waals surface area (Å²) in [6.45, 7) is 7.56. The molecule has 1 aliphatic heterocycles. The van der Waals surface area contributed by atoms with E-state index in [0.717, 1.165) is 55.9 Å². The van der Waals surface area contributed by atoms with Gasteiger partial charge in [-0.25, -0.2) is 0 Å². The predicted octanol–water partition coefficient (Wildman–Crippen LogP) is 3.33. The summed E-state index contributed by atoms with van der Waals surface area (Å²) in [7, 11) is 0. The maximum absolute atomic E-state index is 5.80. The smallest absolute Gasteiger partial charge is 0.125 e. The predicted molar refractivity (Wildman–Crippen MR) is 85.6 cm³/mol. The van der Waals surface area contributed by atoms with E-state index in [2.05, 4.69) is 40.3 Å². The summed E-state index contributed by atoms with van der Waals surface area (Å²) in [6.07, 6.45) is 3.10. The van der Waals surface area contributed by atoms with Gasteiger partial charge < -0.3 is 14.8 Å². The largest absolute Gasteiger partial charge is 0.493 e. The molecule has 0 aromatic heterocycles. The van der Waals surface area contributed by atoms with Gasteiger partial charge in [0.25, 0.3) is 0 Å². The number of hydrogen-bond donors (Lipinski definition) is 1. The van der Waals surface area contributed by atoms with Gasteiger partial charge in [0.05, 0.1) is 13.2 Å². The fraction of sp³-hybridized carbons (Fsp3) is 0.625. The van der Waals surface area contributed by atoms with Crippen LogP contribution in [0.2, 0.25) is 0 Å². The normalized spacial score (nSPS) is 14.9. The Bertz CT molecular complexity index is 429. The lowest BCUT2D eigenvalue weighted by Crippen LogP contribution is -2.36. The monoisotopic (exact) mass is 341 g/mol. The molecule has 20 heavy (non-hydrogen) atoms. The minimum atomic E-state index is 0.345. The number of halogens is 1. The number of hydrogen-bond acceptors (Lipinski definition) is 3. The fourth-order valence-corrected chi connectivity index (χ4v) is 3.11. The van der Waals surface area contributed by atoms with Crippen LogP contribution in [0, 0.1) is 0 Å². The number of rotatable bonds is 8. The second-order valence-corrected chi connectivity index (χ2v) is 6.08. The van der Waals surface area contributed by atoms with Crippen molar-refractivity contribution in [2.45, 2.75) is 39.2 Å². The highest BCUT2D eigenvalue weighted by Crippen LogP contribution is 2.33. The van der Waals surface area contributed by atoms with Crippen molar-refractivity contribution in [1.29, 1.82) is 0 Å². The molecule has 3 nitrogen and oxygen atoms in total. The van der Waals surface area contributed by atoms with Crippen LogP contribution in [0.25, 0.3) is 0 Å². The molecule has 0 amide bonds. The first-order valence-corrected chi connectivity index (χ1v) is 8.29. The molecule has 0 radical (unpaired) electrons. The van der Waals surface area contributed by atoms with Gasteiger partial charge in [-0.1, -0.05) is 22.9 Å². The van der Waals surface area contributed by atoms with Crippen LogP contribution in [0.1, 0.15) is 31.4 Å². The fourth-order valence-electron chi connectivity index (χ4n) is 2.56. The minimum absolute atomic E-state index is 0.345. The third-order valence-corrected chi connectivity index (χ3v) is 3.96. The highest BCUT2D eigenvalue weighted by molar-refractivity contribution is 9.10. The summed E-state index contributed by atoms with van der Waals surface area (Å²) < 4.78 is 12.5. The molecule has 0 spiro atoms. The van der Waals surface area contributed by atoms with Gasteiger partial charge >= 0.3 is 0 Å². The van der Waals surface area contributed by atoms with E-state index in [9.17, 15) is 0 Å². The lowest BCUT2D eigenvalue weighted by atomic mass is 10.0. The van der Waals surface area contributed by atoms with Crippen molar-refractivity contribution in [1.82, 2.24) is 5.32 Å². The van der Waals surface area contributed by atoms with Crippen molar-refractivity contribution in [2.75, 3.05) is 26.4 Å². The average molecular weight is 342 g/mol. The van der Waals surface area contributed by atoms with Crippen molar-refractivity contribution in [3.63, 3.8) is 0 Å². The Kier molecular flexibility index (Phi) is 6.33. The van der Waals surface area contributed by atoms with Crippen LogP contribution in [0.4, 0.5) is 0 Å². The van der Waals surface area contributed by atoms with Crippen LogP contribution >= 0.6 is 15.9 Å². The van der Waals surface area contributed by atoms with E-state index in [-0.39, 0.29) is 0 Å². The van der Waals surface area contributed by atoms with Gasteiger partial charge in [-0.3, -0.25) is 0 Å². The first-order chi connectivity index (χ1) is 9.74. The van der Waals surface area contributed by atoms with Gasteiger partial charge in [0, 0.05) is 23.5 Å². The van der Waals surface area contributed by atoms with Crippen molar-refractivity contribution in [2.24, 2.45) is 0 Å². The highest BCUT2D eigenvalue weighted by atomic mass is 79.9. The van der Waals surface area contributed by atoms with Crippen LogP contribution in [-0.2, 0) is 17.6 Å². The van der Waals surface area contributed by atoms with Crippen molar-refractivity contribution in [3.8, 4) is 5.75 Å². The summed E-state index contributed by atoms with van der Waals surface area (Å²) in [5, 5.41) is 3.57. The van der Waals surface area contributed by atoms with E-state index in [4.69, 9.17) is 9.47 Å². The number of benzene rings is 1. The highest BCUT2D eigenvalue weighted by Gasteiger charge is 2.20. The molecule has 0 aliphatic carbocycles. The lowest BCUT2D eigenvalue weighted by molar-refractivity contribution is 0.122. The second-order valence-electron chi connectivity index (χ2n) is 5.17. The summed E-state index contributed by atoms with van der Waals surface area (Å²) in [5.74, 6) is 1.09.